The molecule has 1 atom stereocenters. The maximum absolute atomic E-state index is 5.89. The molecule has 1 aliphatic rings. The van der Waals surface area contributed by atoms with Crippen LogP contribution in [-0.2, 0) is 6.42 Å². The molecule has 1 N–H and O–H groups in total. The zero-order chi connectivity index (χ0) is 13.9. The molecular formula is C15H18N4O. The van der Waals surface area contributed by atoms with E-state index < -0.39 is 0 Å². The Balaban J connectivity index is 1.60. The van der Waals surface area contributed by atoms with Crippen molar-refractivity contribution in [3.63, 3.8) is 0 Å². The molecule has 1 aliphatic heterocycles. The monoisotopic (exact) mass is 270 g/mol. The normalized spacial score (nSPS) is 16.4. The maximum atomic E-state index is 5.89. The molecule has 0 amide bonds. The number of anilines is 2. The highest BCUT2D eigenvalue weighted by Gasteiger charge is 2.21. The Kier molecular flexibility index (Phi) is 3.41. The maximum Gasteiger partial charge on any atom is 0.226 e. The van der Waals surface area contributed by atoms with Crippen LogP contribution in [0.2, 0.25) is 0 Å². The lowest BCUT2D eigenvalue weighted by molar-refractivity contribution is 0.246. The van der Waals surface area contributed by atoms with Gasteiger partial charge < -0.3 is 15.0 Å². The number of rotatable bonds is 4. The molecule has 2 aromatic rings. The van der Waals surface area contributed by atoms with Crippen molar-refractivity contribution in [1.82, 2.24) is 9.97 Å². The van der Waals surface area contributed by atoms with Crippen LogP contribution in [0.5, 0.6) is 5.75 Å². The summed E-state index contributed by atoms with van der Waals surface area (Å²) in [4.78, 5) is 10.5. The van der Waals surface area contributed by atoms with E-state index in [4.69, 9.17) is 4.74 Å². The molecule has 20 heavy (non-hydrogen) atoms. The van der Waals surface area contributed by atoms with E-state index in [0.717, 1.165) is 24.5 Å². The third-order valence-corrected chi connectivity index (χ3v) is 3.27. The highest BCUT2D eigenvalue weighted by Crippen LogP contribution is 2.28. The summed E-state index contributed by atoms with van der Waals surface area (Å²) >= 11 is 0. The number of para-hydroxylation sites is 1. The number of hydrogen-bond donors (Lipinski definition) is 1. The van der Waals surface area contributed by atoms with Gasteiger partial charge in [-0.2, -0.15) is 4.98 Å². The first-order valence-electron chi connectivity index (χ1n) is 6.71. The van der Waals surface area contributed by atoms with Gasteiger partial charge in [0.2, 0.25) is 5.95 Å². The van der Waals surface area contributed by atoms with E-state index in [1.165, 1.54) is 5.56 Å². The van der Waals surface area contributed by atoms with Crippen LogP contribution in [0.3, 0.4) is 0 Å². The molecule has 0 bridgehead atoms. The second-order valence-electron chi connectivity index (χ2n) is 5.07. The molecule has 104 valence electrons. The van der Waals surface area contributed by atoms with Gasteiger partial charge in [0, 0.05) is 26.7 Å². The van der Waals surface area contributed by atoms with Crippen molar-refractivity contribution >= 4 is 11.8 Å². The first kappa shape index (κ1) is 12.7. The molecule has 3 rings (SSSR count). The average molecular weight is 270 g/mol. The number of aromatic nitrogens is 2. The van der Waals surface area contributed by atoms with E-state index in [1.54, 1.807) is 6.20 Å². The molecule has 0 saturated carbocycles. The first-order valence-corrected chi connectivity index (χ1v) is 6.71. The fraction of sp³-hybridized carbons (Fsp3) is 0.333. The van der Waals surface area contributed by atoms with Crippen LogP contribution in [0, 0.1) is 0 Å². The molecule has 2 heterocycles. The minimum atomic E-state index is 0.158. The number of nitrogens with one attached hydrogen (secondary N) is 1. The van der Waals surface area contributed by atoms with E-state index in [-0.39, 0.29) is 6.10 Å². The van der Waals surface area contributed by atoms with Gasteiger partial charge in [-0.25, -0.2) is 4.98 Å². The third-order valence-electron chi connectivity index (χ3n) is 3.27. The van der Waals surface area contributed by atoms with Crippen LogP contribution in [0.1, 0.15) is 5.56 Å². The van der Waals surface area contributed by atoms with Gasteiger partial charge in [0.25, 0.3) is 0 Å². The molecule has 1 unspecified atom stereocenters. The van der Waals surface area contributed by atoms with Gasteiger partial charge in [0.05, 0.1) is 6.54 Å². The van der Waals surface area contributed by atoms with Gasteiger partial charge in [0.15, 0.2) is 0 Å². The van der Waals surface area contributed by atoms with E-state index >= 15 is 0 Å². The van der Waals surface area contributed by atoms with E-state index in [1.807, 2.05) is 43.3 Å². The number of ether oxygens (including phenoxy) is 1. The van der Waals surface area contributed by atoms with Crippen LogP contribution in [0.4, 0.5) is 11.8 Å². The summed E-state index contributed by atoms with van der Waals surface area (Å²) in [7, 11) is 3.85. The number of hydrogen-bond acceptors (Lipinski definition) is 5. The lowest BCUT2D eigenvalue weighted by Gasteiger charge is -2.14. The fourth-order valence-corrected chi connectivity index (χ4v) is 2.25. The predicted octanol–water partition coefficient (Wildman–Crippen LogP) is 1.96. The summed E-state index contributed by atoms with van der Waals surface area (Å²) < 4.78 is 5.89. The van der Waals surface area contributed by atoms with E-state index in [9.17, 15) is 0 Å². The molecule has 1 aromatic heterocycles. The number of nitrogens with zero attached hydrogens (tertiary/aromatic N) is 3. The highest BCUT2D eigenvalue weighted by molar-refractivity contribution is 5.41. The van der Waals surface area contributed by atoms with Gasteiger partial charge >= 0.3 is 0 Å². The quantitative estimate of drug-likeness (QED) is 0.920. The average Bonchev–Trinajstić information content (AvgIpc) is 2.88. The molecule has 0 radical (unpaired) electrons. The summed E-state index contributed by atoms with van der Waals surface area (Å²) in [6.45, 7) is 0.735. The third kappa shape index (κ3) is 2.66. The van der Waals surface area contributed by atoms with Crippen LogP contribution in [-0.4, -0.2) is 36.7 Å². The number of benzene rings is 1. The van der Waals surface area contributed by atoms with Crippen molar-refractivity contribution in [3.8, 4) is 5.75 Å². The van der Waals surface area contributed by atoms with Crippen molar-refractivity contribution in [3.05, 3.63) is 42.1 Å². The van der Waals surface area contributed by atoms with Gasteiger partial charge in [-0.05, 0) is 17.7 Å². The molecule has 1 aromatic carbocycles. The van der Waals surface area contributed by atoms with Crippen molar-refractivity contribution in [2.75, 3.05) is 30.9 Å². The lowest BCUT2D eigenvalue weighted by Crippen LogP contribution is -2.24. The number of fused-ring (bicyclic) bond motifs is 1. The smallest absolute Gasteiger partial charge is 0.226 e. The van der Waals surface area contributed by atoms with Gasteiger partial charge in [-0.3, -0.25) is 0 Å². The van der Waals surface area contributed by atoms with Gasteiger partial charge in [0.1, 0.15) is 17.7 Å². The predicted molar refractivity (Wildman–Crippen MR) is 79.4 cm³/mol. The Morgan fingerprint density at radius 1 is 1.30 bits per heavy atom. The summed E-state index contributed by atoms with van der Waals surface area (Å²) in [5.74, 6) is 2.52. The molecule has 0 aliphatic carbocycles. The first-order chi connectivity index (χ1) is 9.72. The van der Waals surface area contributed by atoms with Crippen molar-refractivity contribution in [2.45, 2.75) is 12.5 Å². The van der Waals surface area contributed by atoms with Crippen LogP contribution >= 0.6 is 0 Å². The molecule has 5 heteroatoms. The minimum absolute atomic E-state index is 0.158. The second-order valence-corrected chi connectivity index (χ2v) is 5.07. The van der Waals surface area contributed by atoms with Gasteiger partial charge in [-0.1, -0.05) is 18.2 Å². The molecule has 0 saturated heterocycles. The summed E-state index contributed by atoms with van der Waals surface area (Å²) in [6.07, 6.45) is 2.86. The standard InChI is InChI=1S/C15H18N4O/c1-19(2)15-16-8-7-14(18-15)17-10-12-9-11-5-3-4-6-13(11)20-12/h3-8,12H,9-10H2,1-2H3,(H,16,17,18). The van der Waals surface area contributed by atoms with E-state index in [2.05, 4.69) is 21.4 Å². The molecular weight excluding hydrogens is 252 g/mol. The molecule has 0 spiro atoms. The van der Waals surface area contributed by atoms with Crippen LogP contribution < -0.4 is 15.0 Å². The van der Waals surface area contributed by atoms with Crippen molar-refractivity contribution in [1.29, 1.82) is 0 Å². The SMILES string of the molecule is CN(C)c1nccc(NCC2Cc3ccccc3O2)n1. The van der Waals surface area contributed by atoms with Crippen molar-refractivity contribution < 1.29 is 4.74 Å². The Labute approximate surface area is 118 Å². The topological polar surface area (TPSA) is 50.3 Å². The minimum Gasteiger partial charge on any atom is -0.488 e. The van der Waals surface area contributed by atoms with Crippen molar-refractivity contribution in [2.24, 2.45) is 0 Å². The molecule has 5 nitrogen and oxygen atoms in total. The lowest BCUT2D eigenvalue weighted by atomic mass is 10.1. The Bertz CT molecular complexity index is 575. The highest BCUT2D eigenvalue weighted by atomic mass is 16.5. The van der Waals surface area contributed by atoms with Crippen LogP contribution in [0.15, 0.2) is 36.5 Å². The fourth-order valence-electron chi connectivity index (χ4n) is 2.25. The summed E-state index contributed by atoms with van der Waals surface area (Å²) in [6, 6.07) is 10.1. The molecule has 0 fully saturated rings. The summed E-state index contributed by atoms with van der Waals surface area (Å²) in [5, 5.41) is 3.31. The van der Waals surface area contributed by atoms with E-state index in [0.29, 0.717) is 5.95 Å². The Hall–Kier alpha value is -2.30. The van der Waals surface area contributed by atoms with Crippen LogP contribution in [0.25, 0.3) is 0 Å². The Morgan fingerprint density at radius 2 is 2.15 bits per heavy atom. The van der Waals surface area contributed by atoms with Gasteiger partial charge in [-0.15, -0.1) is 0 Å². The zero-order valence-corrected chi connectivity index (χ0v) is 11.7. The second kappa shape index (κ2) is 5.36. The zero-order valence-electron chi connectivity index (χ0n) is 11.7. The largest absolute Gasteiger partial charge is 0.488 e. The summed E-state index contributed by atoms with van der Waals surface area (Å²) in [5.41, 5.74) is 1.27. The Morgan fingerprint density at radius 3 is 2.95 bits per heavy atom.